The molecule has 4 nitrogen and oxygen atoms in total. The van der Waals surface area contributed by atoms with Crippen LogP contribution in [0.15, 0.2) is 22.8 Å². The van der Waals surface area contributed by atoms with Gasteiger partial charge >= 0.3 is 0 Å². The lowest BCUT2D eigenvalue weighted by atomic mass is 10.00. The molecule has 2 atom stereocenters. The van der Waals surface area contributed by atoms with Gasteiger partial charge in [-0.05, 0) is 30.9 Å². The van der Waals surface area contributed by atoms with E-state index in [0.717, 1.165) is 17.3 Å². The summed E-state index contributed by atoms with van der Waals surface area (Å²) in [5.41, 5.74) is 0. The van der Waals surface area contributed by atoms with Gasteiger partial charge in [-0.2, -0.15) is 0 Å². The number of fused-ring (bicyclic) bond motifs is 1. The largest absolute Gasteiger partial charge is 0.274 e. The van der Waals surface area contributed by atoms with Crippen LogP contribution in [0.25, 0.3) is 0 Å². The molecule has 0 bridgehead atoms. The standard InChI is InChI=1S/C13H13BrN2O2/c1-7-4-9-10(5-7)13(18)16(12(9)17)11-6-8(14)2-3-15-11/h2-3,6-7,9-10H,4-5H2,1H3. The predicted octanol–water partition coefficient (Wildman–Crippen LogP) is 2.38. The van der Waals surface area contributed by atoms with Gasteiger partial charge < -0.3 is 0 Å². The van der Waals surface area contributed by atoms with Gasteiger partial charge in [0.2, 0.25) is 11.8 Å². The molecule has 2 heterocycles. The molecule has 1 aliphatic heterocycles. The lowest BCUT2D eigenvalue weighted by Gasteiger charge is -2.15. The number of halogens is 1. The van der Waals surface area contributed by atoms with Crippen LogP contribution in [-0.2, 0) is 9.59 Å². The first-order valence-electron chi connectivity index (χ1n) is 6.07. The molecule has 1 saturated heterocycles. The summed E-state index contributed by atoms with van der Waals surface area (Å²) in [5, 5.41) is 0. The Morgan fingerprint density at radius 1 is 1.28 bits per heavy atom. The van der Waals surface area contributed by atoms with Gasteiger partial charge in [0, 0.05) is 10.7 Å². The Hall–Kier alpha value is -1.23. The zero-order valence-corrected chi connectivity index (χ0v) is 11.6. The first-order valence-corrected chi connectivity index (χ1v) is 6.86. The normalized spacial score (nSPS) is 31.0. The van der Waals surface area contributed by atoms with E-state index in [0.29, 0.717) is 11.7 Å². The molecule has 5 heteroatoms. The number of carbonyl (C=O) groups is 2. The first kappa shape index (κ1) is 11.8. The Morgan fingerprint density at radius 3 is 2.44 bits per heavy atom. The zero-order valence-electron chi connectivity index (χ0n) is 9.97. The zero-order chi connectivity index (χ0) is 12.9. The fraction of sp³-hybridized carbons (Fsp3) is 0.462. The van der Waals surface area contributed by atoms with Crippen molar-refractivity contribution in [3.8, 4) is 0 Å². The van der Waals surface area contributed by atoms with Gasteiger partial charge in [-0.15, -0.1) is 0 Å². The molecule has 0 N–H and O–H groups in total. The average Bonchev–Trinajstić information content (AvgIpc) is 2.79. The smallest absolute Gasteiger partial charge is 0.238 e. The fourth-order valence-electron chi connectivity index (χ4n) is 3.02. The molecule has 18 heavy (non-hydrogen) atoms. The van der Waals surface area contributed by atoms with Crippen LogP contribution in [0.4, 0.5) is 5.82 Å². The average molecular weight is 309 g/mol. The molecule has 0 radical (unpaired) electrons. The maximum Gasteiger partial charge on any atom is 0.238 e. The first-order chi connectivity index (χ1) is 8.58. The summed E-state index contributed by atoms with van der Waals surface area (Å²) in [5.74, 6) is 0.466. The Labute approximate surface area is 114 Å². The van der Waals surface area contributed by atoms with Gasteiger partial charge in [0.1, 0.15) is 5.82 Å². The summed E-state index contributed by atoms with van der Waals surface area (Å²) in [7, 11) is 0. The lowest BCUT2D eigenvalue weighted by molar-refractivity contribution is -0.123. The maximum absolute atomic E-state index is 12.3. The molecular weight excluding hydrogens is 296 g/mol. The number of aromatic nitrogens is 1. The van der Waals surface area contributed by atoms with Crippen molar-refractivity contribution in [3.05, 3.63) is 22.8 Å². The van der Waals surface area contributed by atoms with Crippen LogP contribution in [0.2, 0.25) is 0 Å². The van der Waals surface area contributed by atoms with Crippen molar-refractivity contribution in [1.82, 2.24) is 4.98 Å². The second kappa shape index (κ2) is 4.16. The number of anilines is 1. The highest BCUT2D eigenvalue weighted by Gasteiger charge is 2.52. The number of hydrogen-bond acceptors (Lipinski definition) is 3. The van der Waals surface area contributed by atoms with Gasteiger partial charge in [0.15, 0.2) is 0 Å². The molecule has 2 amide bonds. The molecule has 1 aromatic heterocycles. The molecule has 1 aromatic rings. The molecule has 1 saturated carbocycles. The third-order valence-corrected chi connectivity index (χ3v) is 4.30. The number of carbonyl (C=O) groups excluding carboxylic acids is 2. The third kappa shape index (κ3) is 1.68. The van der Waals surface area contributed by atoms with E-state index in [-0.39, 0.29) is 23.7 Å². The highest BCUT2D eigenvalue weighted by molar-refractivity contribution is 9.10. The minimum atomic E-state index is -0.131. The van der Waals surface area contributed by atoms with Crippen LogP contribution in [0.3, 0.4) is 0 Å². The topological polar surface area (TPSA) is 50.3 Å². The van der Waals surface area contributed by atoms with Crippen molar-refractivity contribution < 1.29 is 9.59 Å². The quantitative estimate of drug-likeness (QED) is 0.748. The summed E-state index contributed by atoms with van der Waals surface area (Å²) in [6, 6.07) is 3.48. The number of nitrogens with zero attached hydrogens (tertiary/aromatic N) is 2. The summed E-state index contributed by atoms with van der Waals surface area (Å²) in [6.07, 6.45) is 3.23. The van der Waals surface area contributed by atoms with Crippen LogP contribution >= 0.6 is 15.9 Å². The molecule has 0 spiro atoms. The van der Waals surface area contributed by atoms with Crippen molar-refractivity contribution in [3.63, 3.8) is 0 Å². The Kier molecular flexibility index (Phi) is 2.73. The highest BCUT2D eigenvalue weighted by atomic mass is 79.9. The Bertz CT molecular complexity index is 507. The number of hydrogen-bond donors (Lipinski definition) is 0. The summed E-state index contributed by atoms with van der Waals surface area (Å²) in [6.45, 7) is 2.10. The van der Waals surface area contributed by atoms with Gasteiger partial charge in [-0.25, -0.2) is 9.88 Å². The van der Waals surface area contributed by atoms with Crippen LogP contribution in [0, 0.1) is 17.8 Å². The number of rotatable bonds is 1. The molecule has 2 fully saturated rings. The van der Waals surface area contributed by atoms with Crippen molar-refractivity contribution in [2.45, 2.75) is 19.8 Å². The van der Waals surface area contributed by atoms with Crippen LogP contribution < -0.4 is 4.90 Å². The molecule has 2 aliphatic rings. The number of pyridine rings is 1. The van der Waals surface area contributed by atoms with Gasteiger partial charge in [0.05, 0.1) is 11.8 Å². The van der Waals surface area contributed by atoms with E-state index in [1.165, 1.54) is 4.90 Å². The molecule has 2 unspecified atom stereocenters. The minimum Gasteiger partial charge on any atom is -0.274 e. The Morgan fingerprint density at radius 2 is 1.89 bits per heavy atom. The van der Waals surface area contributed by atoms with Crippen LogP contribution in [-0.4, -0.2) is 16.8 Å². The monoisotopic (exact) mass is 308 g/mol. The van der Waals surface area contributed by atoms with E-state index >= 15 is 0 Å². The predicted molar refractivity (Wildman–Crippen MR) is 69.8 cm³/mol. The second-order valence-corrected chi connectivity index (χ2v) is 6.05. The van der Waals surface area contributed by atoms with Crippen LogP contribution in [0.1, 0.15) is 19.8 Å². The van der Waals surface area contributed by atoms with Gasteiger partial charge in [-0.1, -0.05) is 22.9 Å². The van der Waals surface area contributed by atoms with Crippen molar-refractivity contribution in [1.29, 1.82) is 0 Å². The molecule has 0 aromatic carbocycles. The van der Waals surface area contributed by atoms with Gasteiger partial charge in [0.25, 0.3) is 0 Å². The van der Waals surface area contributed by atoms with E-state index in [1.807, 2.05) is 0 Å². The van der Waals surface area contributed by atoms with E-state index in [1.54, 1.807) is 18.3 Å². The van der Waals surface area contributed by atoms with Crippen molar-refractivity contribution >= 4 is 33.6 Å². The Balaban J connectivity index is 1.96. The second-order valence-electron chi connectivity index (χ2n) is 5.13. The SMILES string of the molecule is CC1CC2C(=O)N(c3cc(Br)ccn3)C(=O)C2C1. The molecule has 3 rings (SSSR count). The van der Waals surface area contributed by atoms with Crippen molar-refractivity contribution in [2.24, 2.45) is 17.8 Å². The summed E-state index contributed by atoms with van der Waals surface area (Å²) < 4.78 is 0.818. The third-order valence-electron chi connectivity index (χ3n) is 3.81. The summed E-state index contributed by atoms with van der Waals surface area (Å²) in [4.78, 5) is 30.0. The molecule has 94 valence electrons. The van der Waals surface area contributed by atoms with E-state index < -0.39 is 0 Å². The van der Waals surface area contributed by atoms with E-state index in [4.69, 9.17) is 0 Å². The van der Waals surface area contributed by atoms with Crippen molar-refractivity contribution in [2.75, 3.05) is 4.90 Å². The molecule has 1 aliphatic carbocycles. The van der Waals surface area contributed by atoms with E-state index in [9.17, 15) is 9.59 Å². The molecular formula is C13H13BrN2O2. The van der Waals surface area contributed by atoms with E-state index in [2.05, 4.69) is 27.8 Å². The highest BCUT2D eigenvalue weighted by Crippen LogP contribution is 2.44. The minimum absolute atomic E-state index is 0.0834. The maximum atomic E-state index is 12.3. The number of amides is 2. The lowest BCUT2D eigenvalue weighted by Crippen LogP contribution is -2.32. The fourth-order valence-corrected chi connectivity index (χ4v) is 3.34. The number of imide groups is 1. The van der Waals surface area contributed by atoms with Crippen LogP contribution in [0.5, 0.6) is 0 Å². The van der Waals surface area contributed by atoms with Gasteiger partial charge in [-0.3, -0.25) is 9.59 Å². The summed E-state index contributed by atoms with van der Waals surface area (Å²) >= 11 is 3.33.